The number of rotatable bonds is 5. The molecule has 4 nitrogen and oxygen atoms in total. The van der Waals surface area contributed by atoms with Crippen molar-refractivity contribution in [3.05, 3.63) is 29.8 Å². The Hall–Kier alpha value is -1.55. The van der Waals surface area contributed by atoms with E-state index in [-0.39, 0.29) is 5.91 Å². The van der Waals surface area contributed by atoms with Crippen LogP contribution in [0.15, 0.2) is 24.3 Å². The number of nitrogen functional groups attached to an aromatic ring is 1. The van der Waals surface area contributed by atoms with Crippen LogP contribution in [0.4, 0.5) is 5.69 Å². The van der Waals surface area contributed by atoms with Crippen LogP contribution >= 0.6 is 0 Å². The molecule has 1 amide bonds. The van der Waals surface area contributed by atoms with E-state index in [4.69, 9.17) is 10.6 Å². The molecule has 16 heavy (non-hydrogen) atoms. The fourth-order valence-corrected chi connectivity index (χ4v) is 1.39. The predicted molar refractivity (Wildman–Crippen MR) is 63.6 cm³/mol. The number of hydroxylamine groups is 2. The number of benzene rings is 1. The van der Waals surface area contributed by atoms with Gasteiger partial charge in [-0.05, 0) is 30.5 Å². The van der Waals surface area contributed by atoms with Gasteiger partial charge in [0.05, 0.1) is 7.11 Å². The number of anilines is 1. The highest BCUT2D eigenvalue weighted by molar-refractivity contribution is 5.74. The van der Waals surface area contributed by atoms with E-state index in [2.05, 4.69) is 0 Å². The van der Waals surface area contributed by atoms with E-state index in [1.54, 1.807) is 7.05 Å². The van der Waals surface area contributed by atoms with Gasteiger partial charge in [-0.15, -0.1) is 0 Å². The highest BCUT2D eigenvalue weighted by Crippen LogP contribution is 2.09. The molecule has 1 aromatic rings. The van der Waals surface area contributed by atoms with Crippen LogP contribution < -0.4 is 5.73 Å². The number of hydrogen-bond acceptors (Lipinski definition) is 3. The van der Waals surface area contributed by atoms with E-state index in [1.807, 2.05) is 24.3 Å². The lowest BCUT2D eigenvalue weighted by Gasteiger charge is -2.13. The Morgan fingerprint density at radius 2 is 2.00 bits per heavy atom. The number of nitrogens with zero attached hydrogens (tertiary/aromatic N) is 1. The van der Waals surface area contributed by atoms with Gasteiger partial charge < -0.3 is 5.73 Å². The first kappa shape index (κ1) is 12.5. The number of amides is 1. The largest absolute Gasteiger partial charge is 0.399 e. The van der Waals surface area contributed by atoms with Gasteiger partial charge in [0, 0.05) is 19.2 Å². The second kappa shape index (κ2) is 6.12. The smallest absolute Gasteiger partial charge is 0.245 e. The molecule has 0 aromatic heterocycles. The molecule has 0 saturated carbocycles. The van der Waals surface area contributed by atoms with Crippen LogP contribution in [-0.2, 0) is 16.1 Å². The molecule has 88 valence electrons. The number of carbonyl (C=O) groups is 1. The van der Waals surface area contributed by atoms with Gasteiger partial charge in [-0.1, -0.05) is 12.1 Å². The minimum Gasteiger partial charge on any atom is -0.399 e. The van der Waals surface area contributed by atoms with E-state index in [0.717, 1.165) is 18.5 Å². The first-order valence-corrected chi connectivity index (χ1v) is 5.28. The second-order valence-corrected chi connectivity index (χ2v) is 3.67. The summed E-state index contributed by atoms with van der Waals surface area (Å²) >= 11 is 0. The fourth-order valence-electron chi connectivity index (χ4n) is 1.39. The quantitative estimate of drug-likeness (QED) is 0.608. The Bertz CT molecular complexity index is 335. The lowest BCUT2D eigenvalue weighted by Crippen LogP contribution is -2.25. The summed E-state index contributed by atoms with van der Waals surface area (Å²) in [6.45, 7) is 0. The number of aryl methyl sites for hydroxylation is 1. The van der Waals surface area contributed by atoms with E-state index in [1.165, 1.54) is 17.7 Å². The van der Waals surface area contributed by atoms with Gasteiger partial charge in [0.2, 0.25) is 5.91 Å². The second-order valence-electron chi connectivity index (χ2n) is 3.67. The van der Waals surface area contributed by atoms with Crippen molar-refractivity contribution in [2.45, 2.75) is 19.3 Å². The third kappa shape index (κ3) is 3.90. The van der Waals surface area contributed by atoms with E-state index in [9.17, 15) is 4.79 Å². The molecular weight excluding hydrogens is 204 g/mol. The lowest BCUT2D eigenvalue weighted by molar-refractivity contribution is -0.168. The lowest BCUT2D eigenvalue weighted by atomic mass is 10.1. The van der Waals surface area contributed by atoms with Gasteiger partial charge in [-0.2, -0.15) is 0 Å². The SMILES string of the molecule is CON(C)C(=O)CCCc1ccc(N)cc1. The average Bonchev–Trinajstić information content (AvgIpc) is 2.30. The molecule has 2 N–H and O–H groups in total. The molecule has 0 saturated heterocycles. The summed E-state index contributed by atoms with van der Waals surface area (Å²) < 4.78 is 0. The fraction of sp³-hybridized carbons (Fsp3) is 0.417. The van der Waals surface area contributed by atoms with Crippen LogP contribution in [0.1, 0.15) is 18.4 Å². The normalized spacial score (nSPS) is 10.1. The van der Waals surface area contributed by atoms with Crippen LogP contribution in [0.3, 0.4) is 0 Å². The van der Waals surface area contributed by atoms with Crippen LogP contribution in [0.2, 0.25) is 0 Å². The molecule has 0 atom stereocenters. The van der Waals surface area contributed by atoms with Crippen molar-refractivity contribution < 1.29 is 9.63 Å². The first-order chi connectivity index (χ1) is 7.63. The van der Waals surface area contributed by atoms with E-state index in [0.29, 0.717) is 6.42 Å². The van der Waals surface area contributed by atoms with Gasteiger partial charge in [0.1, 0.15) is 0 Å². The summed E-state index contributed by atoms with van der Waals surface area (Å²) in [4.78, 5) is 16.2. The molecule has 0 unspecified atom stereocenters. The van der Waals surface area contributed by atoms with Crippen molar-refractivity contribution in [1.82, 2.24) is 5.06 Å². The minimum absolute atomic E-state index is 0.00190. The summed E-state index contributed by atoms with van der Waals surface area (Å²) in [7, 11) is 3.10. The van der Waals surface area contributed by atoms with Crippen LogP contribution in [0.25, 0.3) is 0 Å². The molecular formula is C12H18N2O2. The molecule has 1 aromatic carbocycles. The maximum absolute atomic E-state index is 11.4. The van der Waals surface area contributed by atoms with Gasteiger partial charge in [-0.25, -0.2) is 5.06 Å². The van der Waals surface area contributed by atoms with E-state index >= 15 is 0 Å². The molecule has 0 radical (unpaired) electrons. The summed E-state index contributed by atoms with van der Waals surface area (Å²) in [6.07, 6.45) is 2.19. The Labute approximate surface area is 95.9 Å². The molecule has 4 heteroatoms. The molecule has 0 spiro atoms. The van der Waals surface area contributed by atoms with Gasteiger partial charge >= 0.3 is 0 Å². The maximum atomic E-state index is 11.4. The third-order valence-electron chi connectivity index (χ3n) is 2.46. The summed E-state index contributed by atoms with van der Waals surface area (Å²) in [6, 6.07) is 7.72. The summed E-state index contributed by atoms with van der Waals surface area (Å²) in [5.74, 6) is -0.00190. The molecule has 1 rings (SSSR count). The van der Waals surface area contributed by atoms with Crippen molar-refractivity contribution in [1.29, 1.82) is 0 Å². The van der Waals surface area contributed by atoms with Crippen molar-refractivity contribution in [2.75, 3.05) is 19.9 Å². The number of nitrogens with two attached hydrogens (primary N) is 1. The van der Waals surface area contributed by atoms with Crippen molar-refractivity contribution in [3.8, 4) is 0 Å². The maximum Gasteiger partial charge on any atom is 0.245 e. The van der Waals surface area contributed by atoms with Crippen molar-refractivity contribution >= 4 is 11.6 Å². The zero-order valence-corrected chi connectivity index (χ0v) is 9.77. The monoisotopic (exact) mass is 222 g/mol. The molecule has 0 aliphatic rings. The zero-order valence-electron chi connectivity index (χ0n) is 9.77. The summed E-state index contributed by atoms with van der Waals surface area (Å²) in [5.41, 5.74) is 7.54. The van der Waals surface area contributed by atoms with Gasteiger partial charge in [0.25, 0.3) is 0 Å². The molecule has 0 aliphatic heterocycles. The topological polar surface area (TPSA) is 55.6 Å². The summed E-state index contributed by atoms with van der Waals surface area (Å²) in [5, 5.41) is 1.25. The molecule has 0 heterocycles. The highest BCUT2D eigenvalue weighted by Gasteiger charge is 2.06. The molecule has 0 aliphatic carbocycles. The standard InChI is InChI=1S/C12H18N2O2/c1-14(16-2)12(15)5-3-4-10-6-8-11(13)9-7-10/h6-9H,3-5,13H2,1-2H3. The molecule has 0 fully saturated rings. The highest BCUT2D eigenvalue weighted by atomic mass is 16.7. The first-order valence-electron chi connectivity index (χ1n) is 5.28. The van der Waals surface area contributed by atoms with Gasteiger partial charge in [-0.3, -0.25) is 9.63 Å². The Kier molecular flexibility index (Phi) is 4.79. The number of carbonyl (C=O) groups excluding carboxylic acids is 1. The van der Waals surface area contributed by atoms with Gasteiger partial charge in [0.15, 0.2) is 0 Å². The van der Waals surface area contributed by atoms with E-state index < -0.39 is 0 Å². The number of hydrogen-bond donors (Lipinski definition) is 1. The Morgan fingerprint density at radius 1 is 1.38 bits per heavy atom. The Morgan fingerprint density at radius 3 is 2.56 bits per heavy atom. The predicted octanol–water partition coefficient (Wildman–Crippen LogP) is 1.61. The van der Waals surface area contributed by atoms with Crippen LogP contribution in [0, 0.1) is 0 Å². The minimum atomic E-state index is -0.00190. The van der Waals surface area contributed by atoms with Crippen molar-refractivity contribution in [3.63, 3.8) is 0 Å². The third-order valence-corrected chi connectivity index (χ3v) is 2.46. The average molecular weight is 222 g/mol. The zero-order chi connectivity index (χ0) is 12.0. The van der Waals surface area contributed by atoms with Crippen molar-refractivity contribution in [2.24, 2.45) is 0 Å². The van der Waals surface area contributed by atoms with Crippen LogP contribution in [0.5, 0.6) is 0 Å². The van der Waals surface area contributed by atoms with Crippen LogP contribution in [-0.4, -0.2) is 25.1 Å². The molecule has 0 bridgehead atoms. The Balaban J connectivity index is 2.30.